The molecule has 1 aromatic rings. The molecule has 0 bridgehead atoms. The number of hydrogen-bond donors (Lipinski definition) is 2. The lowest BCUT2D eigenvalue weighted by atomic mass is 9.95. The summed E-state index contributed by atoms with van der Waals surface area (Å²) in [4.78, 5) is 22.3. The molecule has 0 aliphatic heterocycles. The van der Waals surface area contributed by atoms with Gasteiger partial charge in [0, 0.05) is 5.92 Å². The molecule has 1 rings (SSSR count). The number of carbonyl (C=O) groups is 2. The molecule has 1 amide bonds. The Bertz CT molecular complexity index is 519. The van der Waals surface area contributed by atoms with Crippen LogP contribution in [0.4, 0.5) is 18.9 Å². The fourth-order valence-corrected chi connectivity index (χ4v) is 1.31. The monoisotopic (exact) mass is 275 g/mol. The lowest BCUT2D eigenvalue weighted by Crippen LogP contribution is -2.30. The van der Waals surface area contributed by atoms with E-state index in [9.17, 15) is 22.8 Å². The van der Waals surface area contributed by atoms with Crippen molar-refractivity contribution in [1.82, 2.24) is 0 Å². The SMILES string of the molecule is CC(C(=O)O)C(C)C(=O)Nc1ccc(F)c(F)c1F. The summed E-state index contributed by atoms with van der Waals surface area (Å²) in [5.41, 5.74) is -0.534. The molecule has 0 spiro atoms. The Morgan fingerprint density at radius 1 is 1.11 bits per heavy atom. The Morgan fingerprint density at radius 3 is 2.21 bits per heavy atom. The summed E-state index contributed by atoms with van der Waals surface area (Å²) in [5, 5.41) is 10.8. The minimum atomic E-state index is -1.70. The molecule has 7 heteroatoms. The lowest BCUT2D eigenvalue weighted by Gasteiger charge is -2.16. The molecule has 19 heavy (non-hydrogen) atoms. The molecular weight excluding hydrogens is 263 g/mol. The second-order valence-electron chi connectivity index (χ2n) is 4.13. The number of aliphatic carboxylic acids is 1. The molecule has 4 nitrogen and oxygen atoms in total. The van der Waals surface area contributed by atoms with Crippen molar-refractivity contribution in [2.45, 2.75) is 13.8 Å². The average Bonchev–Trinajstić information content (AvgIpc) is 2.37. The topological polar surface area (TPSA) is 66.4 Å². The number of halogens is 3. The largest absolute Gasteiger partial charge is 0.481 e. The van der Waals surface area contributed by atoms with Crippen molar-refractivity contribution in [3.05, 3.63) is 29.6 Å². The summed E-state index contributed by atoms with van der Waals surface area (Å²) in [7, 11) is 0. The molecule has 0 heterocycles. The highest BCUT2D eigenvalue weighted by atomic mass is 19.2. The summed E-state index contributed by atoms with van der Waals surface area (Å²) < 4.78 is 38.9. The zero-order chi connectivity index (χ0) is 14.7. The van der Waals surface area contributed by atoms with Crippen molar-refractivity contribution in [3.8, 4) is 0 Å². The molecule has 1 aromatic carbocycles. The predicted octanol–water partition coefficient (Wildman–Crippen LogP) is 2.40. The Balaban J connectivity index is 2.89. The van der Waals surface area contributed by atoms with E-state index in [1.807, 2.05) is 5.32 Å². The normalized spacial score (nSPS) is 13.7. The van der Waals surface area contributed by atoms with Gasteiger partial charge in [0.05, 0.1) is 11.6 Å². The molecule has 0 saturated carbocycles. The minimum Gasteiger partial charge on any atom is -0.481 e. The van der Waals surface area contributed by atoms with Crippen LogP contribution in [0.5, 0.6) is 0 Å². The van der Waals surface area contributed by atoms with Gasteiger partial charge in [-0.05, 0) is 12.1 Å². The van der Waals surface area contributed by atoms with Gasteiger partial charge in [-0.1, -0.05) is 13.8 Å². The fourth-order valence-electron chi connectivity index (χ4n) is 1.31. The second-order valence-corrected chi connectivity index (χ2v) is 4.13. The highest BCUT2D eigenvalue weighted by Crippen LogP contribution is 2.21. The lowest BCUT2D eigenvalue weighted by molar-refractivity contribution is -0.145. The molecule has 0 aromatic heterocycles. The van der Waals surface area contributed by atoms with Crippen molar-refractivity contribution in [2.75, 3.05) is 5.32 Å². The quantitative estimate of drug-likeness (QED) is 0.829. The molecule has 0 radical (unpaired) electrons. The van der Waals surface area contributed by atoms with Gasteiger partial charge < -0.3 is 10.4 Å². The molecule has 2 atom stereocenters. The van der Waals surface area contributed by atoms with Gasteiger partial charge in [0.25, 0.3) is 0 Å². The van der Waals surface area contributed by atoms with Gasteiger partial charge in [0.1, 0.15) is 0 Å². The number of hydrogen-bond acceptors (Lipinski definition) is 2. The van der Waals surface area contributed by atoms with Crippen LogP contribution in [0.2, 0.25) is 0 Å². The Hall–Kier alpha value is -2.05. The predicted molar refractivity (Wildman–Crippen MR) is 60.9 cm³/mol. The first-order valence-electron chi connectivity index (χ1n) is 5.42. The number of amides is 1. The Kier molecular flexibility index (Phi) is 4.52. The van der Waals surface area contributed by atoms with E-state index >= 15 is 0 Å². The van der Waals surface area contributed by atoms with Crippen LogP contribution < -0.4 is 5.32 Å². The zero-order valence-electron chi connectivity index (χ0n) is 10.2. The summed E-state index contributed by atoms with van der Waals surface area (Å²) in [6, 6.07) is 1.53. The summed E-state index contributed by atoms with van der Waals surface area (Å²) in [6.45, 7) is 2.65. The van der Waals surface area contributed by atoms with E-state index in [0.717, 1.165) is 6.07 Å². The molecule has 2 N–H and O–H groups in total. The van der Waals surface area contributed by atoms with Gasteiger partial charge >= 0.3 is 5.97 Å². The standard InChI is InChI=1S/C12H12F3NO3/c1-5(6(2)12(18)19)11(17)16-8-4-3-7(13)9(14)10(8)15/h3-6H,1-2H3,(H,16,17)(H,18,19). The summed E-state index contributed by atoms with van der Waals surface area (Å²) >= 11 is 0. The molecule has 0 saturated heterocycles. The van der Waals surface area contributed by atoms with Gasteiger partial charge in [-0.25, -0.2) is 13.2 Å². The van der Waals surface area contributed by atoms with E-state index in [-0.39, 0.29) is 0 Å². The maximum absolute atomic E-state index is 13.3. The van der Waals surface area contributed by atoms with Gasteiger partial charge in [0.2, 0.25) is 5.91 Å². The number of rotatable bonds is 4. The highest BCUT2D eigenvalue weighted by Gasteiger charge is 2.26. The van der Waals surface area contributed by atoms with E-state index in [1.165, 1.54) is 13.8 Å². The average molecular weight is 275 g/mol. The van der Waals surface area contributed by atoms with E-state index < -0.39 is 46.9 Å². The number of carboxylic acid groups (broad SMARTS) is 1. The number of anilines is 1. The first-order valence-corrected chi connectivity index (χ1v) is 5.42. The number of benzene rings is 1. The van der Waals surface area contributed by atoms with Crippen LogP contribution in [0.1, 0.15) is 13.8 Å². The maximum atomic E-state index is 13.3. The highest BCUT2D eigenvalue weighted by molar-refractivity contribution is 5.94. The Morgan fingerprint density at radius 2 is 1.68 bits per heavy atom. The van der Waals surface area contributed by atoms with E-state index in [2.05, 4.69) is 0 Å². The molecule has 0 aliphatic carbocycles. The second kappa shape index (κ2) is 5.73. The first kappa shape index (κ1) is 15.0. The maximum Gasteiger partial charge on any atom is 0.307 e. The summed E-state index contributed by atoms with van der Waals surface area (Å²) in [6.07, 6.45) is 0. The smallest absolute Gasteiger partial charge is 0.307 e. The van der Waals surface area contributed by atoms with Gasteiger partial charge in [-0.15, -0.1) is 0 Å². The fraction of sp³-hybridized carbons (Fsp3) is 0.333. The zero-order valence-corrected chi connectivity index (χ0v) is 10.2. The van der Waals surface area contributed by atoms with Crippen molar-refractivity contribution < 1.29 is 27.9 Å². The van der Waals surface area contributed by atoms with Gasteiger partial charge in [-0.3, -0.25) is 9.59 Å². The third-order valence-electron chi connectivity index (χ3n) is 2.85. The van der Waals surface area contributed by atoms with Crippen LogP contribution in [0.25, 0.3) is 0 Å². The van der Waals surface area contributed by atoms with E-state index in [0.29, 0.717) is 6.07 Å². The van der Waals surface area contributed by atoms with Crippen molar-refractivity contribution in [2.24, 2.45) is 11.8 Å². The van der Waals surface area contributed by atoms with Crippen LogP contribution in [0.3, 0.4) is 0 Å². The molecule has 104 valence electrons. The van der Waals surface area contributed by atoms with Crippen LogP contribution in [0.15, 0.2) is 12.1 Å². The Labute approximate surface area is 107 Å². The van der Waals surface area contributed by atoms with Gasteiger partial charge in [0.15, 0.2) is 17.5 Å². The van der Waals surface area contributed by atoms with Crippen molar-refractivity contribution in [1.29, 1.82) is 0 Å². The first-order chi connectivity index (χ1) is 8.75. The summed E-state index contributed by atoms with van der Waals surface area (Å²) in [5.74, 6) is -8.52. The number of nitrogens with one attached hydrogen (secondary N) is 1. The van der Waals surface area contributed by atoms with Crippen LogP contribution in [-0.4, -0.2) is 17.0 Å². The third kappa shape index (κ3) is 3.24. The minimum absolute atomic E-state index is 0.534. The van der Waals surface area contributed by atoms with E-state index in [4.69, 9.17) is 5.11 Å². The molecular formula is C12H12F3NO3. The number of carboxylic acids is 1. The van der Waals surface area contributed by atoms with Crippen molar-refractivity contribution >= 4 is 17.6 Å². The van der Waals surface area contributed by atoms with Crippen LogP contribution in [0, 0.1) is 29.3 Å². The van der Waals surface area contributed by atoms with Crippen LogP contribution >= 0.6 is 0 Å². The number of carbonyl (C=O) groups excluding carboxylic acids is 1. The van der Waals surface area contributed by atoms with E-state index in [1.54, 1.807) is 0 Å². The molecule has 0 aliphatic rings. The third-order valence-corrected chi connectivity index (χ3v) is 2.85. The molecule has 2 unspecified atom stereocenters. The van der Waals surface area contributed by atoms with Crippen molar-refractivity contribution in [3.63, 3.8) is 0 Å². The van der Waals surface area contributed by atoms with Crippen LogP contribution in [-0.2, 0) is 9.59 Å². The van der Waals surface area contributed by atoms with Gasteiger partial charge in [-0.2, -0.15) is 0 Å². The molecule has 0 fully saturated rings.